The standard InChI is InChI=1S/C11H19N3O3/c1-17-8-2-6-14(7-3-8)10(15)11(4-5-11)9(12)13-16/h8,16H,2-7H2,1H3,(H2,12,13). The van der Waals surface area contributed by atoms with Crippen LogP contribution < -0.4 is 5.73 Å². The van der Waals surface area contributed by atoms with Gasteiger partial charge >= 0.3 is 0 Å². The van der Waals surface area contributed by atoms with Crippen molar-refractivity contribution in [1.82, 2.24) is 4.90 Å². The first-order chi connectivity index (χ1) is 8.14. The predicted octanol–water partition coefficient (Wildman–Crippen LogP) is 0.150. The number of amidine groups is 1. The van der Waals surface area contributed by atoms with Crippen molar-refractivity contribution in [2.75, 3.05) is 20.2 Å². The molecule has 2 rings (SSSR count). The van der Waals surface area contributed by atoms with Crippen LogP contribution in [0.25, 0.3) is 0 Å². The molecule has 3 N–H and O–H groups in total. The Hall–Kier alpha value is -1.30. The molecule has 6 heteroatoms. The van der Waals surface area contributed by atoms with Gasteiger partial charge in [-0.05, 0) is 25.7 Å². The molecule has 0 atom stereocenters. The predicted molar refractivity (Wildman–Crippen MR) is 61.7 cm³/mol. The highest BCUT2D eigenvalue weighted by molar-refractivity contribution is 6.09. The van der Waals surface area contributed by atoms with E-state index in [4.69, 9.17) is 15.7 Å². The van der Waals surface area contributed by atoms with Crippen molar-refractivity contribution in [1.29, 1.82) is 0 Å². The van der Waals surface area contributed by atoms with E-state index in [2.05, 4.69) is 5.16 Å². The molecular formula is C11H19N3O3. The molecule has 1 aliphatic carbocycles. The number of nitrogens with two attached hydrogens (primary N) is 1. The number of ether oxygens (including phenoxy) is 1. The van der Waals surface area contributed by atoms with Gasteiger partial charge in [0.05, 0.1) is 6.10 Å². The number of hydrogen-bond donors (Lipinski definition) is 2. The Balaban J connectivity index is 1.98. The van der Waals surface area contributed by atoms with Gasteiger partial charge in [-0.15, -0.1) is 0 Å². The van der Waals surface area contributed by atoms with Crippen LogP contribution >= 0.6 is 0 Å². The number of likely N-dealkylation sites (tertiary alicyclic amines) is 1. The molecule has 0 aromatic heterocycles. The highest BCUT2D eigenvalue weighted by Gasteiger charge is 2.56. The van der Waals surface area contributed by atoms with Crippen molar-refractivity contribution in [3.8, 4) is 0 Å². The second kappa shape index (κ2) is 4.52. The van der Waals surface area contributed by atoms with Crippen molar-refractivity contribution < 1.29 is 14.7 Å². The molecule has 1 aliphatic heterocycles. The zero-order valence-electron chi connectivity index (χ0n) is 10.1. The molecule has 2 fully saturated rings. The van der Waals surface area contributed by atoms with E-state index < -0.39 is 5.41 Å². The van der Waals surface area contributed by atoms with E-state index >= 15 is 0 Å². The first kappa shape index (κ1) is 12.2. The molecule has 1 amide bonds. The van der Waals surface area contributed by atoms with Crippen LogP contribution in [0.5, 0.6) is 0 Å². The molecule has 6 nitrogen and oxygen atoms in total. The first-order valence-corrected chi connectivity index (χ1v) is 5.94. The molecule has 0 aromatic rings. The molecule has 1 heterocycles. The zero-order valence-corrected chi connectivity index (χ0v) is 10.1. The third-order valence-corrected chi connectivity index (χ3v) is 3.82. The number of oxime groups is 1. The molecule has 0 radical (unpaired) electrons. The van der Waals surface area contributed by atoms with Gasteiger partial charge in [-0.3, -0.25) is 4.79 Å². The Kier molecular flexibility index (Phi) is 3.24. The lowest BCUT2D eigenvalue weighted by Gasteiger charge is -2.33. The fourth-order valence-corrected chi connectivity index (χ4v) is 2.40. The van der Waals surface area contributed by atoms with Gasteiger partial charge in [-0.1, -0.05) is 5.16 Å². The maximum atomic E-state index is 12.3. The van der Waals surface area contributed by atoms with Crippen LogP contribution in [-0.4, -0.2) is 48.2 Å². The average Bonchev–Trinajstić information content (AvgIpc) is 3.18. The van der Waals surface area contributed by atoms with Crippen molar-refractivity contribution in [3.63, 3.8) is 0 Å². The summed E-state index contributed by atoms with van der Waals surface area (Å²) < 4.78 is 5.26. The summed E-state index contributed by atoms with van der Waals surface area (Å²) in [5.41, 5.74) is 4.89. The highest BCUT2D eigenvalue weighted by atomic mass is 16.5. The Morgan fingerprint density at radius 1 is 1.47 bits per heavy atom. The van der Waals surface area contributed by atoms with Crippen LogP contribution in [0, 0.1) is 5.41 Å². The minimum Gasteiger partial charge on any atom is -0.409 e. The zero-order chi connectivity index (χ0) is 12.5. The smallest absolute Gasteiger partial charge is 0.236 e. The molecular weight excluding hydrogens is 222 g/mol. The van der Waals surface area contributed by atoms with E-state index in [0.29, 0.717) is 25.9 Å². The summed E-state index contributed by atoms with van der Waals surface area (Å²) in [6, 6.07) is 0. The third-order valence-electron chi connectivity index (χ3n) is 3.82. The largest absolute Gasteiger partial charge is 0.409 e. The lowest BCUT2D eigenvalue weighted by Crippen LogP contribution is -2.47. The summed E-state index contributed by atoms with van der Waals surface area (Å²) in [6.45, 7) is 1.38. The topological polar surface area (TPSA) is 88.2 Å². The fraction of sp³-hybridized carbons (Fsp3) is 0.818. The van der Waals surface area contributed by atoms with Crippen LogP contribution in [0.3, 0.4) is 0 Å². The van der Waals surface area contributed by atoms with Crippen LogP contribution in [0.15, 0.2) is 5.16 Å². The van der Waals surface area contributed by atoms with Crippen LogP contribution in [0.4, 0.5) is 0 Å². The van der Waals surface area contributed by atoms with Gasteiger partial charge < -0.3 is 20.6 Å². The van der Waals surface area contributed by atoms with Gasteiger partial charge in [0.25, 0.3) is 0 Å². The number of piperidine rings is 1. The van der Waals surface area contributed by atoms with Gasteiger partial charge in [0.1, 0.15) is 5.41 Å². The molecule has 2 aliphatic rings. The summed E-state index contributed by atoms with van der Waals surface area (Å²) in [5.74, 6) is 0.0544. The van der Waals surface area contributed by atoms with E-state index in [9.17, 15) is 4.79 Å². The van der Waals surface area contributed by atoms with E-state index in [1.54, 1.807) is 12.0 Å². The summed E-state index contributed by atoms with van der Waals surface area (Å²) in [7, 11) is 1.70. The van der Waals surface area contributed by atoms with Crippen LogP contribution in [0.1, 0.15) is 25.7 Å². The van der Waals surface area contributed by atoms with Crippen molar-refractivity contribution in [2.45, 2.75) is 31.8 Å². The molecule has 0 spiro atoms. The number of hydrogen-bond acceptors (Lipinski definition) is 4. The molecule has 1 saturated carbocycles. The molecule has 17 heavy (non-hydrogen) atoms. The monoisotopic (exact) mass is 241 g/mol. The second-order valence-electron chi connectivity index (χ2n) is 4.79. The molecule has 0 bridgehead atoms. The lowest BCUT2D eigenvalue weighted by molar-refractivity contribution is -0.136. The van der Waals surface area contributed by atoms with Crippen molar-refractivity contribution >= 4 is 11.7 Å². The molecule has 96 valence electrons. The van der Waals surface area contributed by atoms with Gasteiger partial charge in [-0.2, -0.15) is 0 Å². The number of carbonyl (C=O) groups excluding carboxylic acids is 1. The van der Waals surface area contributed by atoms with Gasteiger partial charge in [0.2, 0.25) is 5.91 Å². The lowest BCUT2D eigenvalue weighted by atomic mass is 10.0. The maximum absolute atomic E-state index is 12.3. The average molecular weight is 241 g/mol. The molecule has 1 saturated heterocycles. The fourth-order valence-electron chi connectivity index (χ4n) is 2.40. The summed E-state index contributed by atoms with van der Waals surface area (Å²) in [6.07, 6.45) is 3.33. The minimum atomic E-state index is -0.714. The van der Waals surface area contributed by atoms with Gasteiger partial charge in [0.15, 0.2) is 5.84 Å². The van der Waals surface area contributed by atoms with Gasteiger partial charge in [-0.25, -0.2) is 0 Å². The van der Waals surface area contributed by atoms with E-state index in [-0.39, 0.29) is 17.8 Å². The van der Waals surface area contributed by atoms with Crippen LogP contribution in [-0.2, 0) is 9.53 Å². The Labute approximate surface area is 100 Å². The Bertz CT molecular complexity index is 331. The number of amides is 1. The molecule has 0 aromatic carbocycles. The SMILES string of the molecule is COC1CCN(C(=O)C2(C(N)=NO)CC2)CC1. The number of nitrogens with zero attached hydrogens (tertiary/aromatic N) is 2. The van der Waals surface area contributed by atoms with E-state index in [0.717, 1.165) is 12.8 Å². The Morgan fingerprint density at radius 2 is 2.06 bits per heavy atom. The second-order valence-corrected chi connectivity index (χ2v) is 4.79. The molecule has 0 unspecified atom stereocenters. The Morgan fingerprint density at radius 3 is 2.47 bits per heavy atom. The third kappa shape index (κ3) is 2.09. The number of methoxy groups -OCH3 is 1. The van der Waals surface area contributed by atoms with Crippen LogP contribution in [0.2, 0.25) is 0 Å². The van der Waals surface area contributed by atoms with E-state index in [1.165, 1.54) is 0 Å². The number of carbonyl (C=O) groups is 1. The van der Waals surface area contributed by atoms with E-state index in [1.807, 2.05) is 0 Å². The summed E-state index contributed by atoms with van der Waals surface area (Å²) in [4.78, 5) is 14.1. The number of rotatable bonds is 3. The van der Waals surface area contributed by atoms with Crippen molar-refractivity contribution in [3.05, 3.63) is 0 Å². The summed E-state index contributed by atoms with van der Waals surface area (Å²) >= 11 is 0. The van der Waals surface area contributed by atoms with Crippen molar-refractivity contribution in [2.24, 2.45) is 16.3 Å². The summed E-state index contributed by atoms with van der Waals surface area (Å²) in [5, 5.41) is 11.7. The normalized spacial score (nSPS) is 24.8. The van der Waals surface area contributed by atoms with Gasteiger partial charge in [0, 0.05) is 20.2 Å². The quantitative estimate of drug-likeness (QED) is 0.318. The first-order valence-electron chi connectivity index (χ1n) is 5.94. The highest BCUT2D eigenvalue weighted by Crippen LogP contribution is 2.47. The maximum Gasteiger partial charge on any atom is 0.236 e. The minimum absolute atomic E-state index is 0.00218.